The molecule has 5 heteroatoms. The van der Waals surface area contributed by atoms with Crippen LogP contribution in [0.5, 0.6) is 11.5 Å². The van der Waals surface area contributed by atoms with Crippen LogP contribution in [0.3, 0.4) is 0 Å². The summed E-state index contributed by atoms with van der Waals surface area (Å²) in [6.07, 6.45) is -0.284. The molecule has 0 amide bonds. The topological polar surface area (TPSA) is 76.0 Å². The number of phenolic OH excluding ortho intramolecular Hbond substituents is 1. The van der Waals surface area contributed by atoms with Crippen LogP contribution in [0.25, 0.3) is 0 Å². The molecule has 2 aromatic rings. The van der Waals surface area contributed by atoms with Gasteiger partial charge in [0, 0.05) is 6.42 Å². The van der Waals surface area contributed by atoms with Gasteiger partial charge in [0.2, 0.25) is 0 Å². The van der Waals surface area contributed by atoms with Crippen molar-refractivity contribution in [3.63, 3.8) is 0 Å². The van der Waals surface area contributed by atoms with Gasteiger partial charge in [-0.25, -0.2) is 4.79 Å². The van der Waals surface area contributed by atoms with Crippen LogP contribution in [0.4, 0.5) is 0 Å². The van der Waals surface area contributed by atoms with Crippen LogP contribution in [0, 0.1) is 0 Å². The van der Waals surface area contributed by atoms with Crippen LogP contribution in [0.15, 0.2) is 54.6 Å². The lowest BCUT2D eigenvalue weighted by Crippen LogP contribution is -2.32. The average Bonchev–Trinajstić information content (AvgIpc) is 2.60. The van der Waals surface area contributed by atoms with E-state index < -0.39 is 12.1 Å². The van der Waals surface area contributed by atoms with Crippen molar-refractivity contribution in [2.75, 3.05) is 0 Å². The summed E-state index contributed by atoms with van der Waals surface area (Å²) in [4.78, 5) is 11.5. The first-order valence-corrected chi connectivity index (χ1v) is 7.92. The number of aromatic hydroxyl groups is 1. The third-order valence-electron chi connectivity index (χ3n) is 3.65. The molecule has 24 heavy (non-hydrogen) atoms. The number of aliphatic carboxylic acids is 1. The summed E-state index contributed by atoms with van der Waals surface area (Å²) >= 11 is 0. The van der Waals surface area contributed by atoms with Gasteiger partial charge >= 0.3 is 5.97 Å². The molecule has 2 atom stereocenters. The van der Waals surface area contributed by atoms with Crippen LogP contribution in [0.2, 0.25) is 0 Å². The fourth-order valence-corrected chi connectivity index (χ4v) is 2.27. The zero-order valence-electron chi connectivity index (χ0n) is 13.6. The molecule has 0 aromatic heterocycles. The first-order valence-electron chi connectivity index (χ1n) is 7.92. The highest BCUT2D eigenvalue weighted by atomic mass is 16.5. The molecule has 128 valence electrons. The van der Waals surface area contributed by atoms with Crippen molar-refractivity contribution in [3.8, 4) is 11.5 Å². The van der Waals surface area contributed by atoms with Crippen LogP contribution in [-0.4, -0.2) is 28.4 Å². The molecular weight excluding hydrogens is 308 g/mol. The Balaban J connectivity index is 1.94. The molecule has 2 rings (SSSR count). The summed E-state index contributed by atoms with van der Waals surface area (Å²) < 4.78 is 11.4. The second-order valence-electron chi connectivity index (χ2n) is 5.50. The second-order valence-corrected chi connectivity index (χ2v) is 5.50. The van der Waals surface area contributed by atoms with Crippen molar-refractivity contribution in [2.24, 2.45) is 0 Å². The highest BCUT2D eigenvalue weighted by Crippen LogP contribution is 2.20. The standard InChI is InChI=1S/C19H22O5/c1-2-16(23-13-14-6-4-3-5-7-14)12-18(19(21)22)24-17-10-8-15(20)9-11-17/h3-11,16,18,20H,2,12-13H2,1H3,(H,21,22). The van der Waals surface area contributed by atoms with Crippen LogP contribution in [0.1, 0.15) is 25.3 Å². The first kappa shape index (κ1) is 17.8. The maximum atomic E-state index is 11.5. The van der Waals surface area contributed by atoms with Gasteiger partial charge in [-0.2, -0.15) is 0 Å². The number of ether oxygens (including phenoxy) is 2. The first-order chi connectivity index (χ1) is 11.6. The minimum atomic E-state index is -1.04. The fraction of sp³-hybridized carbons (Fsp3) is 0.316. The predicted octanol–water partition coefficient (Wildman–Crippen LogP) is 3.61. The van der Waals surface area contributed by atoms with E-state index in [1.54, 1.807) is 0 Å². The average molecular weight is 330 g/mol. The van der Waals surface area contributed by atoms with Gasteiger partial charge < -0.3 is 19.7 Å². The number of hydrogen-bond donors (Lipinski definition) is 2. The number of carboxylic acid groups (broad SMARTS) is 1. The monoisotopic (exact) mass is 330 g/mol. The molecule has 0 saturated carbocycles. The van der Waals surface area contributed by atoms with Gasteiger partial charge in [0.1, 0.15) is 11.5 Å². The summed E-state index contributed by atoms with van der Waals surface area (Å²) in [5, 5.41) is 18.7. The Morgan fingerprint density at radius 3 is 2.33 bits per heavy atom. The highest BCUT2D eigenvalue weighted by Gasteiger charge is 2.24. The minimum Gasteiger partial charge on any atom is -0.508 e. The molecule has 5 nitrogen and oxygen atoms in total. The Hall–Kier alpha value is -2.53. The van der Waals surface area contributed by atoms with E-state index in [2.05, 4.69) is 0 Å². The highest BCUT2D eigenvalue weighted by molar-refractivity contribution is 5.72. The number of carbonyl (C=O) groups is 1. The minimum absolute atomic E-state index is 0.104. The molecule has 0 aliphatic heterocycles. The van der Waals surface area contributed by atoms with Crippen molar-refractivity contribution in [1.29, 1.82) is 0 Å². The lowest BCUT2D eigenvalue weighted by Gasteiger charge is -2.21. The summed E-state index contributed by atoms with van der Waals surface area (Å²) in [5.74, 6) is -0.533. The number of carboxylic acids is 1. The molecule has 0 fully saturated rings. The zero-order chi connectivity index (χ0) is 17.4. The summed E-state index contributed by atoms with van der Waals surface area (Å²) in [6, 6.07) is 15.7. The molecule has 0 radical (unpaired) electrons. The smallest absolute Gasteiger partial charge is 0.344 e. The largest absolute Gasteiger partial charge is 0.508 e. The summed E-state index contributed by atoms with van der Waals surface area (Å²) in [6.45, 7) is 2.39. The molecule has 0 aliphatic rings. The Kier molecular flexibility index (Phi) is 6.63. The van der Waals surface area contributed by atoms with E-state index in [1.165, 1.54) is 24.3 Å². The van der Waals surface area contributed by atoms with Gasteiger partial charge in [-0.1, -0.05) is 37.3 Å². The van der Waals surface area contributed by atoms with E-state index in [-0.39, 0.29) is 18.3 Å². The Labute approximate surface area is 141 Å². The van der Waals surface area contributed by atoms with E-state index in [0.29, 0.717) is 18.8 Å². The molecule has 2 N–H and O–H groups in total. The zero-order valence-corrected chi connectivity index (χ0v) is 13.6. The van der Waals surface area contributed by atoms with E-state index in [0.717, 1.165) is 5.56 Å². The lowest BCUT2D eigenvalue weighted by molar-refractivity contribution is -0.147. The number of hydrogen-bond acceptors (Lipinski definition) is 4. The molecule has 0 spiro atoms. The van der Waals surface area contributed by atoms with E-state index in [4.69, 9.17) is 9.47 Å². The van der Waals surface area contributed by atoms with Gasteiger partial charge in [0.15, 0.2) is 6.10 Å². The molecule has 0 aliphatic carbocycles. The van der Waals surface area contributed by atoms with Crippen molar-refractivity contribution in [2.45, 2.75) is 38.6 Å². The van der Waals surface area contributed by atoms with E-state index >= 15 is 0 Å². The SMILES string of the molecule is CCC(CC(Oc1ccc(O)cc1)C(=O)O)OCc1ccccc1. The third kappa shape index (κ3) is 5.59. The number of benzene rings is 2. The van der Waals surface area contributed by atoms with Crippen molar-refractivity contribution in [1.82, 2.24) is 0 Å². The van der Waals surface area contributed by atoms with Crippen LogP contribution >= 0.6 is 0 Å². The summed E-state index contributed by atoms with van der Waals surface area (Å²) in [5.41, 5.74) is 1.04. The normalized spacial score (nSPS) is 13.2. The number of rotatable bonds is 9. The maximum Gasteiger partial charge on any atom is 0.344 e. The fourth-order valence-electron chi connectivity index (χ4n) is 2.27. The molecule has 0 saturated heterocycles. The Morgan fingerprint density at radius 1 is 1.08 bits per heavy atom. The van der Waals surface area contributed by atoms with Crippen LogP contribution < -0.4 is 4.74 Å². The Bertz CT molecular complexity index is 624. The predicted molar refractivity (Wildman–Crippen MR) is 90.1 cm³/mol. The van der Waals surface area contributed by atoms with Crippen molar-refractivity contribution >= 4 is 5.97 Å². The molecule has 2 aromatic carbocycles. The van der Waals surface area contributed by atoms with Gasteiger partial charge in [-0.3, -0.25) is 0 Å². The van der Waals surface area contributed by atoms with Gasteiger partial charge in [-0.05, 0) is 36.2 Å². The maximum absolute atomic E-state index is 11.5. The quantitative estimate of drug-likeness (QED) is 0.734. The summed E-state index contributed by atoms with van der Waals surface area (Å²) in [7, 11) is 0. The molecular formula is C19H22O5. The van der Waals surface area contributed by atoms with Gasteiger partial charge in [0.05, 0.1) is 12.7 Å². The molecule has 0 bridgehead atoms. The van der Waals surface area contributed by atoms with Gasteiger partial charge in [-0.15, -0.1) is 0 Å². The third-order valence-corrected chi connectivity index (χ3v) is 3.65. The van der Waals surface area contributed by atoms with Gasteiger partial charge in [0.25, 0.3) is 0 Å². The molecule has 0 heterocycles. The molecule has 2 unspecified atom stereocenters. The van der Waals surface area contributed by atoms with Crippen molar-refractivity contribution < 1.29 is 24.5 Å². The van der Waals surface area contributed by atoms with Crippen molar-refractivity contribution in [3.05, 3.63) is 60.2 Å². The van der Waals surface area contributed by atoms with E-state index in [9.17, 15) is 15.0 Å². The van der Waals surface area contributed by atoms with E-state index in [1.807, 2.05) is 37.3 Å². The second kappa shape index (κ2) is 8.93. The number of phenols is 1. The van der Waals surface area contributed by atoms with Crippen LogP contribution in [-0.2, 0) is 16.1 Å². The lowest BCUT2D eigenvalue weighted by atomic mass is 10.1. The Morgan fingerprint density at radius 2 is 1.75 bits per heavy atom.